The molecule has 2 amide bonds. The van der Waals surface area contributed by atoms with Gasteiger partial charge in [0.2, 0.25) is 11.8 Å². The number of carbonyl (C=O) groups excluding carboxylic acids is 2. The first kappa shape index (κ1) is 22.4. The van der Waals surface area contributed by atoms with Crippen molar-refractivity contribution in [3.8, 4) is 0 Å². The Hall–Kier alpha value is -2.79. The second-order valence-electron chi connectivity index (χ2n) is 7.53. The van der Waals surface area contributed by atoms with Gasteiger partial charge in [0.15, 0.2) is 10.8 Å². The van der Waals surface area contributed by atoms with Crippen LogP contribution in [0.4, 0.5) is 10.8 Å². The lowest BCUT2D eigenvalue weighted by atomic mass is 9.97. The molecule has 168 valence electrons. The van der Waals surface area contributed by atoms with E-state index in [2.05, 4.69) is 36.5 Å². The van der Waals surface area contributed by atoms with Crippen molar-refractivity contribution in [2.75, 3.05) is 29.9 Å². The number of piperidine rings is 1. The first-order valence-corrected chi connectivity index (χ1v) is 12.0. The lowest BCUT2D eigenvalue weighted by Gasteiger charge is -2.31. The number of nitrogens with one attached hydrogen (secondary N) is 2. The highest BCUT2D eigenvalue weighted by molar-refractivity contribution is 9.10. The molecular formula is C21H23BrN6O3S. The summed E-state index contributed by atoms with van der Waals surface area (Å²) in [7, 11) is 0. The van der Waals surface area contributed by atoms with E-state index in [4.69, 9.17) is 0 Å². The van der Waals surface area contributed by atoms with Gasteiger partial charge in [0.05, 0.1) is 11.6 Å². The van der Waals surface area contributed by atoms with Gasteiger partial charge < -0.3 is 15.5 Å². The number of hydrogen-bond donors (Lipinski definition) is 2. The average molecular weight is 519 g/mol. The maximum absolute atomic E-state index is 13.0. The maximum Gasteiger partial charge on any atom is 0.273 e. The van der Waals surface area contributed by atoms with Gasteiger partial charge in [-0.2, -0.15) is 4.98 Å². The third-order valence-electron chi connectivity index (χ3n) is 5.25. The molecule has 11 heteroatoms. The van der Waals surface area contributed by atoms with Crippen LogP contribution in [0.3, 0.4) is 0 Å². The molecule has 0 unspecified atom stereocenters. The Labute approximate surface area is 197 Å². The lowest BCUT2D eigenvalue weighted by molar-refractivity contribution is -0.125. The number of thiazole rings is 1. The first-order valence-electron chi connectivity index (χ1n) is 10.4. The van der Waals surface area contributed by atoms with E-state index in [9.17, 15) is 14.4 Å². The van der Waals surface area contributed by atoms with Gasteiger partial charge in [0.1, 0.15) is 17.6 Å². The van der Waals surface area contributed by atoms with Crippen molar-refractivity contribution >= 4 is 60.2 Å². The molecule has 9 nitrogen and oxygen atoms in total. The molecule has 0 aliphatic carbocycles. The average Bonchev–Trinajstić information content (AvgIpc) is 3.23. The Kier molecular flexibility index (Phi) is 6.85. The van der Waals surface area contributed by atoms with E-state index in [0.29, 0.717) is 34.3 Å². The zero-order valence-corrected chi connectivity index (χ0v) is 19.9. The molecule has 3 aromatic rings. The number of benzene rings is 1. The van der Waals surface area contributed by atoms with E-state index < -0.39 is 0 Å². The van der Waals surface area contributed by atoms with Crippen molar-refractivity contribution < 1.29 is 9.59 Å². The quantitative estimate of drug-likeness (QED) is 0.519. The summed E-state index contributed by atoms with van der Waals surface area (Å²) in [5.74, 6) is -0.373. The van der Waals surface area contributed by atoms with E-state index in [1.165, 1.54) is 22.2 Å². The molecule has 1 aromatic carbocycles. The van der Waals surface area contributed by atoms with E-state index in [1.54, 1.807) is 6.07 Å². The van der Waals surface area contributed by atoms with Crippen molar-refractivity contribution in [3.63, 3.8) is 0 Å². The Balaban J connectivity index is 1.51. The molecular weight excluding hydrogens is 496 g/mol. The zero-order chi connectivity index (χ0) is 22.7. The lowest BCUT2D eigenvalue weighted by Crippen LogP contribution is -2.43. The van der Waals surface area contributed by atoms with Gasteiger partial charge in [-0.25, -0.2) is 4.98 Å². The summed E-state index contributed by atoms with van der Waals surface area (Å²) in [5.41, 5.74) is 0.683. The topological polar surface area (TPSA) is 109 Å². The van der Waals surface area contributed by atoms with Crippen LogP contribution >= 0.6 is 27.3 Å². The summed E-state index contributed by atoms with van der Waals surface area (Å²) in [4.78, 5) is 48.5. The minimum absolute atomic E-state index is 0.0508. The number of amides is 2. The Morgan fingerprint density at radius 1 is 1.31 bits per heavy atom. The number of anilines is 2. The van der Waals surface area contributed by atoms with Gasteiger partial charge >= 0.3 is 0 Å². The van der Waals surface area contributed by atoms with E-state index in [1.807, 2.05) is 30.0 Å². The van der Waals surface area contributed by atoms with Crippen LogP contribution in [0.15, 0.2) is 39.9 Å². The number of para-hydroxylation sites is 1. The smallest absolute Gasteiger partial charge is 0.273 e. The van der Waals surface area contributed by atoms with Crippen molar-refractivity contribution in [2.24, 2.45) is 5.92 Å². The molecule has 32 heavy (non-hydrogen) atoms. The van der Waals surface area contributed by atoms with Gasteiger partial charge in [-0.3, -0.25) is 19.0 Å². The molecule has 2 aromatic heterocycles. The summed E-state index contributed by atoms with van der Waals surface area (Å²) in [6, 6.07) is 7.26. The highest BCUT2D eigenvalue weighted by atomic mass is 79.9. The molecule has 1 atom stereocenters. The Morgan fingerprint density at radius 2 is 2.12 bits per heavy atom. The summed E-state index contributed by atoms with van der Waals surface area (Å²) >= 11 is 4.64. The fraction of sp³-hybridized carbons (Fsp3) is 0.381. The molecule has 0 saturated carbocycles. The fourth-order valence-corrected chi connectivity index (χ4v) is 5.06. The first-order chi connectivity index (χ1) is 15.5. The highest BCUT2D eigenvalue weighted by Crippen LogP contribution is 2.29. The van der Waals surface area contributed by atoms with Crippen LogP contribution in [0.25, 0.3) is 10.3 Å². The van der Waals surface area contributed by atoms with Crippen molar-refractivity contribution in [1.29, 1.82) is 0 Å². The minimum atomic E-state index is -0.328. The van der Waals surface area contributed by atoms with Crippen LogP contribution < -0.4 is 21.1 Å². The number of carbonyl (C=O) groups is 2. The third-order valence-corrected chi connectivity index (χ3v) is 7.03. The summed E-state index contributed by atoms with van der Waals surface area (Å²) in [6.07, 6.45) is 3.07. The van der Waals surface area contributed by atoms with Crippen LogP contribution in [0.1, 0.15) is 19.8 Å². The van der Waals surface area contributed by atoms with Gasteiger partial charge in [-0.05, 0) is 47.8 Å². The molecule has 3 heterocycles. The predicted octanol–water partition coefficient (Wildman–Crippen LogP) is 2.61. The van der Waals surface area contributed by atoms with Crippen molar-refractivity contribution in [1.82, 2.24) is 19.9 Å². The molecule has 0 radical (unpaired) electrons. The molecule has 1 fully saturated rings. The molecule has 4 rings (SSSR count). The largest absolute Gasteiger partial charge is 0.356 e. The highest BCUT2D eigenvalue weighted by Gasteiger charge is 2.27. The minimum Gasteiger partial charge on any atom is -0.356 e. The monoisotopic (exact) mass is 518 g/mol. The summed E-state index contributed by atoms with van der Waals surface area (Å²) in [6.45, 7) is 3.70. The number of nitrogens with zero attached hydrogens (tertiary/aromatic N) is 4. The van der Waals surface area contributed by atoms with Gasteiger partial charge in [0, 0.05) is 24.1 Å². The molecule has 2 N–H and O–H groups in total. The van der Waals surface area contributed by atoms with E-state index in [0.717, 1.165) is 23.9 Å². The Bertz CT molecular complexity index is 1210. The number of hydrogen-bond acceptors (Lipinski definition) is 7. The van der Waals surface area contributed by atoms with E-state index in [-0.39, 0.29) is 29.8 Å². The normalized spacial score (nSPS) is 16.2. The predicted molar refractivity (Wildman–Crippen MR) is 128 cm³/mol. The molecule has 0 bridgehead atoms. The maximum atomic E-state index is 13.0. The number of aromatic nitrogens is 3. The molecule has 1 aliphatic rings. The van der Waals surface area contributed by atoms with Gasteiger partial charge in [-0.15, -0.1) is 0 Å². The van der Waals surface area contributed by atoms with E-state index >= 15 is 0 Å². The second kappa shape index (κ2) is 9.78. The molecule has 1 saturated heterocycles. The zero-order valence-electron chi connectivity index (χ0n) is 17.5. The Morgan fingerprint density at radius 3 is 2.91 bits per heavy atom. The third kappa shape index (κ3) is 4.83. The standard InChI is InChI=1S/C21H23BrN6O3S/c1-2-23-19(30)13-6-5-9-27(10-13)21-26-18-17(32-21)20(31)28(12-24-18)11-16(29)25-15-8-4-3-7-14(15)22/h3-4,7-8,12-13H,2,5-6,9-11H2,1H3,(H,23,30)(H,25,29)/t13-/m0/s1. The fourth-order valence-electron chi connectivity index (χ4n) is 3.67. The van der Waals surface area contributed by atoms with Crippen LogP contribution in [0, 0.1) is 5.92 Å². The SMILES string of the molecule is CCNC(=O)[C@H]1CCCN(c2nc3ncn(CC(=O)Nc4ccccc4Br)c(=O)c3s2)C1. The number of rotatable bonds is 6. The number of halogens is 1. The van der Waals surface area contributed by atoms with Crippen LogP contribution in [0.5, 0.6) is 0 Å². The van der Waals surface area contributed by atoms with Crippen LogP contribution in [-0.4, -0.2) is 46.0 Å². The van der Waals surface area contributed by atoms with Gasteiger partial charge in [0.25, 0.3) is 5.56 Å². The summed E-state index contributed by atoms with van der Waals surface area (Å²) < 4.78 is 2.44. The van der Waals surface area contributed by atoms with Gasteiger partial charge in [-0.1, -0.05) is 23.5 Å². The van der Waals surface area contributed by atoms with Crippen molar-refractivity contribution in [2.45, 2.75) is 26.3 Å². The molecule has 1 aliphatic heterocycles. The van der Waals surface area contributed by atoms with Crippen LogP contribution in [-0.2, 0) is 16.1 Å². The number of fused-ring (bicyclic) bond motifs is 1. The second-order valence-corrected chi connectivity index (χ2v) is 9.37. The summed E-state index contributed by atoms with van der Waals surface area (Å²) in [5, 5.41) is 6.34. The molecule has 0 spiro atoms. The van der Waals surface area contributed by atoms with Crippen molar-refractivity contribution in [3.05, 3.63) is 45.4 Å². The van der Waals surface area contributed by atoms with Crippen LogP contribution in [0.2, 0.25) is 0 Å².